The van der Waals surface area contributed by atoms with Crippen molar-refractivity contribution in [2.75, 3.05) is 12.8 Å². The highest BCUT2D eigenvalue weighted by molar-refractivity contribution is 5.74. The third-order valence-corrected chi connectivity index (χ3v) is 2.78. The molecule has 4 N–H and O–H groups in total. The Balaban J connectivity index is 2.18. The van der Waals surface area contributed by atoms with Gasteiger partial charge in [-0.1, -0.05) is 6.07 Å². The summed E-state index contributed by atoms with van der Waals surface area (Å²) in [5.74, 6) is 0. The third-order valence-electron chi connectivity index (χ3n) is 2.78. The fourth-order valence-electron chi connectivity index (χ4n) is 2.02. The Morgan fingerprint density at radius 1 is 1.53 bits per heavy atom. The smallest absolute Gasteiger partial charge is 0.315 e. The number of benzene rings is 1. The van der Waals surface area contributed by atoms with Gasteiger partial charge in [-0.15, -0.1) is 0 Å². The standard InChI is InChI=1S/C11H15N3O/c1-13-11(15)14-10-5-2-7-6-8(12)3-4-9(7)10/h3-4,6,10H,2,5,12H2,1H3,(H2,13,14,15). The molecule has 1 aromatic carbocycles. The SMILES string of the molecule is CNC(=O)NC1CCc2cc(N)ccc21. The first-order chi connectivity index (χ1) is 7.20. The van der Waals surface area contributed by atoms with Crippen molar-refractivity contribution in [3.05, 3.63) is 29.3 Å². The van der Waals surface area contributed by atoms with Crippen molar-refractivity contribution in [1.82, 2.24) is 10.6 Å². The first kappa shape index (κ1) is 9.83. The number of nitrogens with two attached hydrogens (primary N) is 1. The molecule has 0 fully saturated rings. The number of nitrogens with one attached hydrogen (secondary N) is 2. The highest BCUT2D eigenvalue weighted by Gasteiger charge is 2.23. The maximum absolute atomic E-state index is 11.2. The first-order valence-corrected chi connectivity index (χ1v) is 5.07. The molecule has 0 aromatic heterocycles. The fourth-order valence-corrected chi connectivity index (χ4v) is 2.02. The molecule has 1 aromatic rings. The number of rotatable bonds is 1. The lowest BCUT2D eigenvalue weighted by Crippen LogP contribution is -2.34. The molecule has 80 valence electrons. The molecule has 0 saturated carbocycles. The van der Waals surface area contributed by atoms with E-state index < -0.39 is 0 Å². The molecule has 4 nitrogen and oxygen atoms in total. The predicted octanol–water partition coefficient (Wildman–Crippen LogP) is 1.19. The number of nitrogen functional groups attached to an aromatic ring is 1. The van der Waals surface area contributed by atoms with Crippen LogP contribution in [0.2, 0.25) is 0 Å². The van der Waals surface area contributed by atoms with Crippen molar-refractivity contribution in [3.63, 3.8) is 0 Å². The van der Waals surface area contributed by atoms with Crippen LogP contribution in [0.5, 0.6) is 0 Å². The minimum Gasteiger partial charge on any atom is -0.399 e. The Morgan fingerprint density at radius 2 is 2.33 bits per heavy atom. The van der Waals surface area contributed by atoms with Crippen LogP contribution in [-0.2, 0) is 6.42 Å². The summed E-state index contributed by atoms with van der Waals surface area (Å²) in [6, 6.07) is 5.85. The van der Waals surface area contributed by atoms with E-state index in [1.807, 2.05) is 18.2 Å². The van der Waals surface area contributed by atoms with Crippen LogP contribution in [0.15, 0.2) is 18.2 Å². The summed E-state index contributed by atoms with van der Waals surface area (Å²) in [7, 11) is 1.62. The molecule has 1 unspecified atom stereocenters. The van der Waals surface area contributed by atoms with Crippen LogP contribution >= 0.6 is 0 Å². The van der Waals surface area contributed by atoms with Crippen molar-refractivity contribution < 1.29 is 4.79 Å². The zero-order chi connectivity index (χ0) is 10.8. The molecule has 2 rings (SSSR count). The fraction of sp³-hybridized carbons (Fsp3) is 0.364. The van der Waals surface area contributed by atoms with Gasteiger partial charge >= 0.3 is 6.03 Å². The zero-order valence-electron chi connectivity index (χ0n) is 8.71. The van der Waals surface area contributed by atoms with Gasteiger partial charge in [0.2, 0.25) is 0 Å². The average molecular weight is 205 g/mol. The Kier molecular flexibility index (Phi) is 2.49. The van der Waals surface area contributed by atoms with Gasteiger partial charge in [-0.25, -0.2) is 4.79 Å². The van der Waals surface area contributed by atoms with E-state index in [2.05, 4.69) is 10.6 Å². The quantitative estimate of drug-likeness (QED) is 0.603. The summed E-state index contributed by atoms with van der Waals surface area (Å²) in [5, 5.41) is 5.47. The van der Waals surface area contributed by atoms with Crippen molar-refractivity contribution in [3.8, 4) is 0 Å². The van der Waals surface area contributed by atoms with Gasteiger partial charge in [0.15, 0.2) is 0 Å². The van der Waals surface area contributed by atoms with E-state index in [4.69, 9.17) is 5.73 Å². The Bertz CT molecular complexity index is 389. The van der Waals surface area contributed by atoms with Gasteiger partial charge in [0.05, 0.1) is 6.04 Å². The average Bonchev–Trinajstić information content (AvgIpc) is 2.60. The summed E-state index contributed by atoms with van der Waals surface area (Å²) >= 11 is 0. The van der Waals surface area contributed by atoms with Crippen molar-refractivity contribution in [2.45, 2.75) is 18.9 Å². The number of amides is 2. The Labute approximate surface area is 88.9 Å². The predicted molar refractivity (Wildman–Crippen MR) is 59.5 cm³/mol. The minimum atomic E-state index is -0.135. The number of fused-ring (bicyclic) bond motifs is 1. The maximum Gasteiger partial charge on any atom is 0.315 e. The van der Waals surface area contributed by atoms with Crippen LogP contribution in [0.25, 0.3) is 0 Å². The minimum absolute atomic E-state index is 0.126. The van der Waals surface area contributed by atoms with Gasteiger partial charge in [-0.3, -0.25) is 0 Å². The molecule has 0 bridgehead atoms. The van der Waals surface area contributed by atoms with Crippen molar-refractivity contribution in [1.29, 1.82) is 0 Å². The second-order valence-corrected chi connectivity index (χ2v) is 3.77. The van der Waals surface area contributed by atoms with Gasteiger partial charge in [-0.05, 0) is 36.1 Å². The highest BCUT2D eigenvalue weighted by Crippen LogP contribution is 2.32. The zero-order valence-corrected chi connectivity index (χ0v) is 8.71. The number of carbonyl (C=O) groups excluding carboxylic acids is 1. The van der Waals surface area contributed by atoms with E-state index in [0.29, 0.717) is 0 Å². The summed E-state index contributed by atoms with van der Waals surface area (Å²) in [5.41, 5.74) is 8.92. The van der Waals surface area contributed by atoms with E-state index in [1.54, 1.807) is 7.05 Å². The van der Waals surface area contributed by atoms with E-state index >= 15 is 0 Å². The van der Waals surface area contributed by atoms with Crippen LogP contribution in [0.1, 0.15) is 23.6 Å². The molecule has 2 amide bonds. The van der Waals surface area contributed by atoms with Crippen LogP contribution < -0.4 is 16.4 Å². The molecule has 0 spiro atoms. The summed E-state index contributed by atoms with van der Waals surface area (Å²) < 4.78 is 0. The van der Waals surface area contributed by atoms with Crippen LogP contribution in [-0.4, -0.2) is 13.1 Å². The van der Waals surface area contributed by atoms with E-state index in [9.17, 15) is 4.79 Å². The Hall–Kier alpha value is -1.71. The molecular formula is C11H15N3O. The molecule has 0 saturated heterocycles. The van der Waals surface area contributed by atoms with Crippen molar-refractivity contribution in [2.24, 2.45) is 0 Å². The normalized spacial score (nSPS) is 18.3. The molecule has 0 aliphatic heterocycles. The van der Waals surface area contributed by atoms with Crippen LogP contribution in [0.3, 0.4) is 0 Å². The van der Waals surface area contributed by atoms with Gasteiger partial charge in [0.25, 0.3) is 0 Å². The lowest BCUT2D eigenvalue weighted by molar-refractivity contribution is 0.239. The van der Waals surface area contributed by atoms with E-state index in [1.165, 1.54) is 11.1 Å². The lowest BCUT2D eigenvalue weighted by atomic mass is 10.1. The topological polar surface area (TPSA) is 67.2 Å². The van der Waals surface area contributed by atoms with Gasteiger partial charge in [-0.2, -0.15) is 0 Å². The molecule has 0 heterocycles. The molecular weight excluding hydrogens is 190 g/mol. The van der Waals surface area contributed by atoms with Crippen molar-refractivity contribution >= 4 is 11.7 Å². The molecule has 0 radical (unpaired) electrons. The highest BCUT2D eigenvalue weighted by atomic mass is 16.2. The monoisotopic (exact) mass is 205 g/mol. The number of carbonyl (C=O) groups is 1. The summed E-state index contributed by atoms with van der Waals surface area (Å²) in [4.78, 5) is 11.2. The molecule has 4 heteroatoms. The summed E-state index contributed by atoms with van der Waals surface area (Å²) in [6.45, 7) is 0. The molecule has 1 atom stereocenters. The van der Waals surface area contributed by atoms with Crippen LogP contribution in [0, 0.1) is 0 Å². The third kappa shape index (κ3) is 1.88. The number of anilines is 1. The lowest BCUT2D eigenvalue weighted by Gasteiger charge is -2.13. The number of hydrogen-bond donors (Lipinski definition) is 3. The molecule has 1 aliphatic carbocycles. The van der Waals surface area contributed by atoms with Gasteiger partial charge in [0, 0.05) is 12.7 Å². The number of urea groups is 1. The largest absolute Gasteiger partial charge is 0.399 e. The summed E-state index contributed by atoms with van der Waals surface area (Å²) in [6.07, 6.45) is 1.93. The second kappa shape index (κ2) is 3.81. The van der Waals surface area contributed by atoms with Gasteiger partial charge < -0.3 is 16.4 Å². The van der Waals surface area contributed by atoms with E-state index in [0.717, 1.165) is 18.5 Å². The second-order valence-electron chi connectivity index (χ2n) is 3.77. The van der Waals surface area contributed by atoms with Crippen LogP contribution in [0.4, 0.5) is 10.5 Å². The Morgan fingerprint density at radius 3 is 3.07 bits per heavy atom. The number of hydrogen-bond acceptors (Lipinski definition) is 2. The first-order valence-electron chi connectivity index (χ1n) is 5.07. The van der Waals surface area contributed by atoms with Gasteiger partial charge in [0.1, 0.15) is 0 Å². The van der Waals surface area contributed by atoms with E-state index in [-0.39, 0.29) is 12.1 Å². The number of aryl methyl sites for hydroxylation is 1. The molecule has 1 aliphatic rings. The molecule has 15 heavy (non-hydrogen) atoms. The maximum atomic E-state index is 11.2.